The van der Waals surface area contributed by atoms with Crippen molar-refractivity contribution in [2.24, 2.45) is 5.73 Å². The molecule has 112 valence electrons. The minimum atomic E-state index is -4.88. The molecule has 0 aliphatic rings. The van der Waals surface area contributed by atoms with E-state index < -0.39 is 40.8 Å². The Kier molecular flexibility index (Phi) is 4.81. The van der Waals surface area contributed by atoms with Gasteiger partial charge in [0, 0.05) is 17.3 Å². The second-order valence-electron chi connectivity index (χ2n) is 3.94. The van der Waals surface area contributed by atoms with Crippen LogP contribution in [0.2, 0.25) is 0 Å². The first kappa shape index (κ1) is 16.4. The van der Waals surface area contributed by atoms with Crippen molar-refractivity contribution in [3.8, 4) is 18.1 Å². The highest BCUT2D eigenvalue weighted by Gasteiger charge is 2.39. The van der Waals surface area contributed by atoms with Gasteiger partial charge >= 0.3 is 12.3 Å². The van der Waals surface area contributed by atoms with Gasteiger partial charge in [0.25, 0.3) is 0 Å². The first-order chi connectivity index (χ1) is 9.72. The smallest absolute Gasteiger partial charge is 0.417 e. The number of nitrogens with one attached hydrogen (secondary N) is 1. The molecule has 1 aromatic rings. The SMILES string of the molecule is C#CCC(OC(N)=O)c1ccc(O)c(C=N)c1C(F)(F)F. The summed E-state index contributed by atoms with van der Waals surface area (Å²) < 4.78 is 44.1. The van der Waals surface area contributed by atoms with Gasteiger partial charge in [-0.1, -0.05) is 6.07 Å². The summed E-state index contributed by atoms with van der Waals surface area (Å²) >= 11 is 0. The van der Waals surface area contributed by atoms with Crippen molar-refractivity contribution in [2.45, 2.75) is 18.7 Å². The lowest BCUT2D eigenvalue weighted by molar-refractivity contribution is -0.139. The molecule has 0 saturated carbocycles. The summed E-state index contributed by atoms with van der Waals surface area (Å²) in [6.45, 7) is 0. The van der Waals surface area contributed by atoms with Crippen molar-refractivity contribution in [1.29, 1.82) is 5.41 Å². The third kappa shape index (κ3) is 3.66. The van der Waals surface area contributed by atoms with Crippen LogP contribution in [0.15, 0.2) is 12.1 Å². The fraction of sp³-hybridized carbons (Fsp3) is 0.231. The molecule has 1 unspecified atom stereocenters. The molecule has 1 aromatic carbocycles. The summed E-state index contributed by atoms with van der Waals surface area (Å²) in [5.74, 6) is 1.36. The first-order valence-corrected chi connectivity index (χ1v) is 5.55. The Morgan fingerprint density at radius 2 is 2.19 bits per heavy atom. The minimum absolute atomic E-state index is 0.339. The fourth-order valence-electron chi connectivity index (χ4n) is 1.82. The average molecular weight is 300 g/mol. The molecule has 1 amide bonds. The standard InChI is InChI=1S/C13H11F3N2O3/c1-2-3-10(21-12(18)20)7-4-5-9(19)8(6-17)11(7)13(14,15)16/h1,4-6,10,17,19H,3H2,(H2,18,20). The monoisotopic (exact) mass is 300 g/mol. The van der Waals surface area contributed by atoms with E-state index in [0.717, 1.165) is 12.1 Å². The highest BCUT2D eigenvalue weighted by molar-refractivity contribution is 5.84. The average Bonchev–Trinajstić information content (AvgIpc) is 2.36. The maximum Gasteiger partial charge on any atom is 0.417 e. The Balaban J connectivity index is 3.57. The largest absolute Gasteiger partial charge is 0.507 e. The van der Waals surface area contributed by atoms with Crippen LogP contribution in [0.5, 0.6) is 5.75 Å². The van der Waals surface area contributed by atoms with Crippen LogP contribution in [0.1, 0.15) is 29.2 Å². The topological polar surface area (TPSA) is 96.4 Å². The third-order valence-corrected chi connectivity index (χ3v) is 2.59. The zero-order valence-corrected chi connectivity index (χ0v) is 10.6. The summed E-state index contributed by atoms with van der Waals surface area (Å²) in [4.78, 5) is 10.8. The highest BCUT2D eigenvalue weighted by atomic mass is 19.4. The lowest BCUT2D eigenvalue weighted by atomic mass is 9.94. The molecular formula is C13H11F3N2O3. The molecule has 8 heteroatoms. The quantitative estimate of drug-likeness (QED) is 0.589. The molecule has 0 heterocycles. The molecule has 0 saturated heterocycles. The van der Waals surface area contributed by atoms with Gasteiger partial charge in [-0.3, -0.25) is 0 Å². The number of ether oxygens (including phenoxy) is 1. The van der Waals surface area contributed by atoms with E-state index >= 15 is 0 Å². The molecule has 0 fully saturated rings. The Hall–Kier alpha value is -2.69. The number of amides is 1. The number of primary amides is 1. The van der Waals surface area contributed by atoms with Crippen LogP contribution in [0.3, 0.4) is 0 Å². The number of terminal acetylenes is 1. The summed E-state index contributed by atoms with van der Waals surface area (Å²) in [6, 6.07) is 1.88. The van der Waals surface area contributed by atoms with Crippen LogP contribution >= 0.6 is 0 Å². The van der Waals surface area contributed by atoms with E-state index in [1.54, 1.807) is 0 Å². The van der Waals surface area contributed by atoms with Gasteiger partial charge in [-0.2, -0.15) is 13.2 Å². The molecule has 0 aliphatic heterocycles. The molecule has 0 bridgehead atoms. The summed E-state index contributed by atoms with van der Waals surface area (Å²) in [7, 11) is 0. The van der Waals surface area contributed by atoms with E-state index in [-0.39, 0.29) is 6.42 Å². The van der Waals surface area contributed by atoms with Crippen molar-refractivity contribution >= 4 is 12.3 Å². The lowest BCUT2D eigenvalue weighted by Crippen LogP contribution is -2.21. The van der Waals surface area contributed by atoms with Gasteiger partial charge in [0.1, 0.15) is 11.9 Å². The number of aromatic hydroxyl groups is 1. The number of carbonyl (C=O) groups excluding carboxylic acids is 1. The summed E-state index contributed by atoms with van der Waals surface area (Å²) in [5.41, 5.74) is 2.31. The Morgan fingerprint density at radius 1 is 1.57 bits per heavy atom. The number of hydrogen-bond donors (Lipinski definition) is 3. The van der Waals surface area contributed by atoms with Gasteiger partial charge in [-0.05, 0) is 6.07 Å². The van der Waals surface area contributed by atoms with Gasteiger partial charge in [-0.15, -0.1) is 12.3 Å². The van der Waals surface area contributed by atoms with E-state index in [2.05, 4.69) is 10.7 Å². The number of benzene rings is 1. The number of carbonyl (C=O) groups is 1. The predicted octanol–water partition coefficient (Wildman–Crippen LogP) is 2.57. The number of phenolic OH excluding ortho intramolecular Hbond substituents is 1. The molecule has 0 spiro atoms. The van der Waals surface area contributed by atoms with Crippen molar-refractivity contribution in [3.05, 3.63) is 28.8 Å². The molecule has 4 N–H and O–H groups in total. The van der Waals surface area contributed by atoms with Crippen molar-refractivity contribution in [3.63, 3.8) is 0 Å². The molecular weight excluding hydrogens is 289 g/mol. The van der Waals surface area contributed by atoms with Crippen LogP contribution in [0.25, 0.3) is 0 Å². The van der Waals surface area contributed by atoms with Crippen LogP contribution in [-0.4, -0.2) is 17.4 Å². The Bertz CT molecular complexity index is 606. The second-order valence-corrected chi connectivity index (χ2v) is 3.94. The van der Waals surface area contributed by atoms with Crippen molar-refractivity contribution in [2.75, 3.05) is 0 Å². The molecule has 0 aromatic heterocycles. The zero-order valence-electron chi connectivity index (χ0n) is 10.6. The molecule has 21 heavy (non-hydrogen) atoms. The van der Waals surface area contributed by atoms with Gasteiger partial charge in [-0.25, -0.2) is 4.79 Å². The number of hydrogen-bond acceptors (Lipinski definition) is 4. The van der Waals surface area contributed by atoms with Crippen LogP contribution in [0, 0.1) is 17.8 Å². The second kappa shape index (κ2) is 6.17. The molecule has 0 radical (unpaired) electrons. The number of rotatable bonds is 4. The van der Waals surface area contributed by atoms with Gasteiger partial charge in [0.2, 0.25) is 0 Å². The number of nitrogens with two attached hydrogens (primary N) is 1. The van der Waals surface area contributed by atoms with Gasteiger partial charge in [0.15, 0.2) is 0 Å². The minimum Gasteiger partial charge on any atom is -0.507 e. The predicted molar refractivity (Wildman–Crippen MR) is 67.9 cm³/mol. The van der Waals surface area contributed by atoms with Crippen LogP contribution in [0.4, 0.5) is 18.0 Å². The lowest BCUT2D eigenvalue weighted by Gasteiger charge is -2.21. The van der Waals surface area contributed by atoms with Crippen molar-refractivity contribution < 1.29 is 27.8 Å². The van der Waals surface area contributed by atoms with E-state index in [9.17, 15) is 23.1 Å². The van der Waals surface area contributed by atoms with Crippen LogP contribution < -0.4 is 5.73 Å². The summed E-state index contributed by atoms with van der Waals surface area (Å²) in [5, 5.41) is 16.5. The van der Waals surface area contributed by atoms with E-state index in [0.29, 0.717) is 6.21 Å². The maximum atomic E-state index is 13.2. The van der Waals surface area contributed by atoms with Crippen molar-refractivity contribution in [1.82, 2.24) is 0 Å². The summed E-state index contributed by atoms with van der Waals surface area (Å²) in [6.07, 6.45) is -2.53. The first-order valence-electron chi connectivity index (χ1n) is 5.55. The molecule has 5 nitrogen and oxygen atoms in total. The van der Waals surface area contributed by atoms with E-state index in [4.69, 9.17) is 17.6 Å². The normalized spacial score (nSPS) is 12.3. The van der Waals surface area contributed by atoms with E-state index in [1.165, 1.54) is 0 Å². The Labute approximate surface area is 118 Å². The van der Waals surface area contributed by atoms with E-state index in [1.807, 2.05) is 0 Å². The Morgan fingerprint density at radius 3 is 2.62 bits per heavy atom. The van der Waals surface area contributed by atoms with Gasteiger partial charge in [0.05, 0.1) is 12.0 Å². The maximum absolute atomic E-state index is 13.2. The van der Waals surface area contributed by atoms with Crippen LogP contribution in [-0.2, 0) is 10.9 Å². The number of phenols is 1. The van der Waals surface area contributed by atoms with Gasteiger partial charge < -0.3 is 21.0 Å². The number of halogens is 3. The number of alkyl halides is 3. The fourth-order valence-corrected chi connectivity index (χ4v) is 1.82. The zero-order chi connectivity index (χ0) is 16.2. The highest BCUT2D eigenvalue weighted by Crippen LogP contribution is 2.41. The molecule has 0 aliphatic carbocycles. The molecule has 1 atom stereocenters. The molecule has 1 rings (SSSR count). The third-order valence-electron chi connectivity index (χ3n) is 2.59.